The lowest BCUT2D eigenvalue weighted by Crippen LogP contribution is -1.97. The smallest absolute Gasteiger partial charge is 0.119 e. The molecule has 2 aromatic carbocycles. The van der Waals surface area contributed by atoms with Gasteiger partial charge in [-0.15, -0.1) is 11.6 Å². The Morgan fingerprint density at radius 2 is 2.00 bits per heavy atom. The molecule has 0 fully saturated rings. The van der Waals surface area contributed by atoms with Crippen LogP contribution in [0.3, 0.4) is 0 Å². The van der Waals surface area contributed by atoms with Gasteiger partial charge in [0.05, 0.1) is 12.5 Å². The number of rotatable bonds is 4. The molecule has 1 unspecified atom stereocenters. The highest BCUT2D eigenvalue weighted by Gasteiger charge is 2.10. The fourth-order valence-electron chi connectivity index (χ4n) is 1.93. The van der Waals surface area contributed by atoms with Gasteiger partial charge in [-0.25, -0.2) is 0 Å². The summed E-state index contributed by atoms with van der Waals surface area (Å²) >= 11 is 10.0. The summed E-state index contributed by atoms with van der Waals surface area (Å²) in [5.74, 6) is 0.867. The Bertz CT molecular complexity index is 568. The van der Waals surface area contributed by atoms with E-state index in [1.54, 1.807) is 7.11 Å². The molecular weight excluding hydrogens is 324 g/mol. The number of ether oxygens (including phenoxy) is 1. The van der Waals surface area contributed by atoms with E-state index < -0.39 is 0 Å². The van der Waals surface area contributed by atoms with Crippen LogP contribution in [0.5, 0.6) is 5.75 Å². The quantitative estimate of drug-likeness (QED) is 0.688. The van der Waals surface area contributed by atoms with E-state index in [9.17, 15) is 0 Å². The Labute approximate surface area is 127 Å². The van der Waals surface area contributed by atoms with Gasteiger partial charge < -0.3 is 4.74 Å². The molecule has 0 aliphatic heterocycles. The monoisotopic (exact) mass is 338 g/mol. The summed E-state index contributed by atoms with van der Waals surface area (Å²) in [6, 6.07) is 14.3. The molecule has 0 aliphatic rings. The normalized spacial score (nSPS) is 12.2. The lowest BCUT2D eigenvalue weighted by atomic mass is 10.0. The minimum atomic E-state index is -0.0380. The minimum absolute atomic E-state index is 0.0380. The molecule has 0 heterocycles. The molecule has 2 aromatic rings. The van der Waals surface area contributed by atoms with Crippen molar-refractivity contribution in [3.63, 3.8) is 0 Å². The zero-order valence-corrected chi connectivity index (χ0v) is 13.3. The molecule has 1 nitrogen and oxygen atoms in total. The van der Waals surface area contributed by atoms with Gasteiger partial charge in [-0.05, 0) is 48.2 Å². The zero-order chi connectivity index (χ0) is 13.8. The van der Waals surface area contributed by atoms with Gasteiger partial charge in [-0.1, -0.05) is 40.2 Å². The first-order valence-electron chi connectivity index (χ1n) is 6.13. The van der Waals surface area contributed by atoms with Gasteiger partial charge in [-0.3, -0.25) is 0 Å². The van der Waals surface area contributed by atoms with Crippen LogP contribution in [-0.2, 0) is 6.42 Å². The van der Waals surface area contributed by atoms with Crippen molar-refractivity contribution in [1.82, 2.24) is 0 Å². The molecule has 0 aliphatic carbocycles. The number of hydrogen-bond acceptors (Lipinski definition) is 1. The molecule has 0 saturated heterocycles. The maximum atomic E-state index is 6.50. The lowest BCUT2D eigenvalue weighted by Gasteiger charge is -2.12. The van der Waals surface area contributed by atoms with E-state index >= 15 is 0 Å². The van der Waals surface area contributed by atoms with E-state index in [-0.39, 0.29) is 5.38 Å². The second kappa shape index (κ2) is 6.44. The Morgan fingerprint density at radius 3 is 2.68 bits per heavy atom. The minimum Gasteiger partial charge on any atom is -0.497 e. The number of methoxy groups -OCH3 is 1. The fraction of sp³-hybridized carbons (Fsp3) is 0.250. The third-order valence-electron chi connectivity index (χ3n) is 3.11. The average Bonchev–Trinajstić information content (AvgIpc) is 2.42. The van der Waals surface area contributed by atoms with Gasteiger partial charge in [0.15, 0.2) is 0 Å². The Hall–Kier alpha value is -0.990. The third-order valence-corrected chi connectivity index (χ3v) is 4.37. The molecule has 0 amide bonds. The predicted molar refractivity (Wildman–Crippen MR) is 84.2 cm³/mol. The zero-order valence-electron chi connectivity index (χ0n) is 11.0. The van der Waals surface area contributed by atoms with Crippen molar-refractivity contribution in [2.45, 2.75) is 18.7 Å². The highest BCUT2D eigenvalue weighted by Crippen LogP contribution is 2.29. The first kappa shape index (κ1) is 14.4. The molecular formula is C16H16BrClO. The van der Waals surface area contributed by atoms with Crippen molar-refractivity contribution >= 4 is 27.5 Å². The van der Waals surface area contributed by atoms with Crippen LogP contribution in [0.4, 0.5) is 0 Å². The van der Waals surface area contributed by atoms with Crippen molar-refractivity contribution < 1.29 is 4.74 Å². The predicted octanol–water partition coefficient (Wildman–Crippen LogP) is 5.29. The maximum absolute atomic E-state index is 6.50. The van der Waals surface area contributed by atoms with Crippen LogP contribution in [0.1, 0.15) is 22.1 Å². The van der Waals surface area contributed by atoms with Crippen molar-refractivity contribution in [2.75, 3.05) is 7.11 Å². The lowest BCUT2D eigenvalue weighted by molar-refractivity contribution is 0.414. The van der Waals surface area contributed by atoms with Crippen LogP contribution in [-0.4, -0.2) is 7.11 Å². The van der Waals surface area contributed by atoms with E-state index in [2.05, 4.69) is 47.1 Å². The van der Waals surface area contributed by atoms with Crippen LogP contribution in [0.25, 0.3) is 0 Å². The summed E-state index contributed by atoms with van der Waals surface area (Å²) in [5.41, 5.74) is 3.52. The first-order valence-corrected chi connectivity index (χ1v) is 7.36. The van der Waals surface area contributed by atoms with Crippen molar-refractivity contribution in [3.8, 4) is 5.75 Å². The highest BCUT2D eigenvalue weighted by atomic mass is 79.9. The second-order valence-electron chi connectivity index (χ2n) is 4.53. The van der Waals surface area contributed by atoms with E-state index in [0.29, 0.717) is 0 Å². The Kier molecular flexibility index (Phi) is 4.89. The van der Waals surface area contributed by atoms with Gasteiger partial charge in [0, 0.05) is 4.47 Å². The third kappa shape index (κ3) is 3.74. The van der Waals surface area contributed by atoms with Crippen LogP contribution >= 0.6 is 27.5 Å². The summed E-state index contributed by atoms with van der Waals surface area (Å²) in [6.45, 7) is 2.07. The Balaban J connectivity index is 2.15. The first-order chi connectivity index (χ1) is 9.10. The van der Waals surface area contributed by atoms with Crippen molar-refractivity contribution in [3.05, 3.63) is 63.6 Å². The van der Waals surface area contributed by atoms with Crippen LogP contribution in [0, 0.1) is 6.92 Å². The molecule has 3 heteroatoms. The summed E-state index contributed by atoms with van der Waals surface area (Å²) in [4.78, 5) is 0. The van der Waals surface area contributed by atoms with E-state index in [4.69, 9.17) is 16.3 Å². The summed E-state index contributed by atoms with van der Waals surface area (Å²) in [5, 5.41) is -0.0380. The number of benzene rings is 2. The molecule has 0 radical (unpaired) electrons. The van der Waals surface area contributed by atoms with Crippen molar-refractivity contribution in [1.29, 1.82) is 0 Å². The van der Waals surface area contributed by atoms with E-state index in [1.807, 2.05) is 18.2 Å². The molecule has 0 bridgehead atoms. The number of halogens is 2. The molecule has 0 spiro atoms. The summed E-state index contributed by atoms with van der Waals surface area (Å²) in [6.07, 6.45) is 0.786. The van der Waals surface area contributed by atoms with Gasteiger partial charge in [0.1, 0.15) is 5.75 Å². The topological polar surface area (TPSA) is 9.23 Å². The molecule has 1 atom stereocenters. The number of aryl methyl sites for hydroxylation is 1. The van der Waals surface area contributed by atoms with Gasteiger partial charge in [-0.2, -0.15) is 0 Å². The van der Waals surface area contributed by atoms with E-state index in [0.717, 1.165) is 22.2 Å². The molecule has 2 rings (SSSR count). The Morgan fingerprint density at radius 1 is 1.21 bits per heavy atom. The molecule has 0 aromatic heterocycles. The number of hydrogen-bond donors (Lipinski definition) is 0. The largest absolute Gasteiger partial charge is 0.497 e. The molecule has 0 saturated carbocycles. The molecule has 100 valence electrons. The second-order valence-corrected chi connectivity index (χ2v) is 5.91. The van der Waals surface area contributed by atoms with E-state index in [1.165, 1.54) is 11.1 Å². The van der Waals surface area contributed by atoms with Crippen LogP contribution < -0.4 is 4.74 Å². The SMILES string of the molecule is COc1cccc(CC(Cl)c2ccc(C)c(Br)c2)c1. The number of alkyl halides is 1. The van der Waals surface area contributed by atoms with Crippen molar-refractivity contribution in [2.24, 2.45) is 0 Å². The average molecular weight is 340 g/mol. The van der Waals surface area contributed by atoms with Gasteiger partial charge >= 0.3 is 0 Å². The summed E-state index contributed by atoms with van der Waals surface area (Å²) < 4.78 is 6.32. The standard InChI is InChI=1S/C16H16BrClO/c1-11-6-7-13(10-15(11)17)16(18)9-12-4-3-5-14(8-12)19-2/h3-8,10,16H,9H2,1-2H3. The van der Waals surface area contributed by atoms with Gasteiger partial charge in [0.2, 0.25) is 0 Å². The highest BCUT2D eigenvalue weighted by molar-refractivity contribution is 9.10. The molecule has 19 heavy (non-hydrogen) atoms. The van der Waals surface area contributed by atoms with Crippen LogP contribution in [0.15, 0.2) is 46.9 Å². The maximum Gasteiger partial charge on any atom is 0.119 e. The van der Waals surface area contributed by atoms with Gasteiger partial charge in [0.25, 0.3) is 0 Å². The fourth-order valence-corrected chi connectivity index (χ4v) is 2.64. The molecule has 0 N–H and O–H groups in total. The summed E-state index contributed by atoms with van der Waals surface area (Å²) in [7, 11) is 1.67. The van der Waals surface area contributed by atoms with Crippen LogP contribution in [0.2, 0.25) is 0 Å².